The maximum absolute atomic E-state index is 12.6. The van der Waals surface area contributed by atoms with Gasteiger partial charge in [-0.1, -0.05) is 48.0 Å². The first kappa shape index (κ1) is 16.7. The fourth-order valence-electron chi connectivity index (χ4n) is 2.58. The number of halogens is 1. The van der Waals surface area contributed by atoms with Crippen molar-refractivity contribution in [3.63, 3.8) is 0 Å². The molecule has 3 N–H and O–H groups in total. The van der Waals surface area contributed by atoms with E-state index in [9.17, 15) is 19.5 Å². The van der Waals surface area contributed by atoms with E-state index in [0.29, 0.717) is 10.9 Å². The molecule has 0 aliphatic rings. The molecule has 1 amide bonds. The van der Waals surface area contributed by atoms with Gasteiger partial charge in [0.05, 0.1) is 5.56 Å². The largest absolute Gasteiger partial charge is 0.479 e. The Morgan fingerprint density at radius 1 is 1.08 bits per heavy atom. The number of aromatic nitrogens is 1. The van der Waals surface area contributed by atoms with Crippen molar-refractivity contribution in [3.8, 4) is 0 Å². The van der Waals surface area contributed by atoms with Crippen LogP contribution in [0.4, 0.5) is 0 Å². The van der Waals surface area contributed by atoms with Gasteiger partial charge in [0.2, 0.25) is 5.56 Å². The topological polar surface area (TPSA) is 99.3 Å². The van der Waals surface area contributed by atoms with Crippen molar-refractivity contribution in [2.45, 2.75) is 6.04 Å². The summed E-state index contributed by atoms with van der Waals surface area (Å²) in [6.07, 6.45) is 0. The van der Waals surface area contributed by atoms with Crippen molar-refractivity contribution in [1.82, 2.24) is 10.3 Å². The summed E-state index contributed by atoms with van der Waals surface area (Å²) < 4.78 is 0. The van der Waals surface area contributed by atoms with E-state index in [0.717, 1.165) is 6.07 Å². The number of aliphatic carboxylic acids is 1. The van der Waals surface area contributed by atoms with Crippen LogP contribution in [0.25, 0.3) is 10.9 Å². The predicted octanol–water partition coefficient (Wildman–Crippen LogP) is 2.74. The van der Waals surface area contributed by atoms with Gasteiger partial charge in [-0.15, -0.1) is 0 Å². The number of amides is 1. The Kier molecular flexibility index (Phi) is 4.54. The lowest BCUT2D eigenvalue weighted by Gasteiger charge is -2.16. The molecule has 0 bridgehead atoms. The van der Waals surface area contributed by atoms with Crippen LogP contribution in [0.2, 0.25) is 5.02 Å². The maximum atomic E-state index is 12.6. The van der Waals surface area contributed by atoms with Crippen LogP contribution < -0.4 is 10.9 Å². The average molecular weight is 357 g/mol. The Balaban J connectivity index is 2.02. The fraction of sp³-hybridized carbons (Fsp3) is 0.0556. The normalized spacial score (nSPS) is 11.9. The quantitative estimate of drug-likeness (QED) is 0.669. The van der Waals surface area contributed by atoms with Crippen LogP contribution in [0.3, 0.4) is 0 Å². The third kappa shape index (κ3) is 3.39. The van der Waals surface area contributed by atoms with Crippen molar-refractivity contribution in [2.24, 2.45) is 0 Å². The lowest BCUT2D eigenvalue weighted by molar-refractivity contribution is -0.139. The molecule has 2 aromatic carbocycles. The number of hydrogen-bond acceptors (Lipinski definition) is 3. The van der Waals surface area contributed by atoms with E-state index in [1.54, 1.807) is 42.5 Å². The summed E-state index contributed by atoms with van der Waals surface area (Å²) in [6, 6.07) is 13.0. The Morgan fingerprint density at radius 2 is 1.76 bits per heavy atom. The number of para-hydroxylation sites is 1. The van der Waals surface area contributed by atoms with Crippen molar-refractivity contribution >= 4 is 34.4 Å². The van der Waals surface area contributed by atoms with Gasteiger partial charge in [-0.05, 0) is 12.1 Å². The van der Waals surface area contributed by atoms with Crippen LogP contribution in [-0.4, -0.2) is 22.0 Å². The Morgan fingerprint density at radius 3 is 2.48 bits per heavy atom. The number of hydrogen-bond donors (Lipinski definition) is 3. The number of aromatic amines is 1. The number of carboxylic acids is 1. The second-order valence-corrected chi connectivity index (χ2v) is 5.77. The first-order valence-electron chi connectivity index (χ1n) is 7.37. The molecular weight excluding hydrogens is 344 g/mol. The molecule has 1 aromatic heterocycles. The van der Waals surface area contributed by atoms with E-state index in [4.69, 9.17) is 11.6 Å². The molecular formula is C18H13ClN2O4. The molecule has 0 saturated carbocycles. The molecule has 25 heavy (non-hydrogen) atoms. The molecule has 6 nitrogen and oxygen atoms in total. The highest BCUT2D eigenvalue weighted by atomic mass is 35.5. The molecule has 0 aliphatic carbocycles. The van der Waals surface area contributed by atoms with E-state index < -0.39 is 23.5 Å². The summed E-state index contributed by atoms with van der Waals surface area (Å²) in [4.78, 5) is 38.7. The van der Waals surface area contributed by atoms with Crippen LogP contribution in [0.1, 0.15) is 22.0 Å². The smallest absolute Gasteiger partial charge is 0.330 e. The van der Waals surface area contributed by atoms with Crippen LogP contribution >= 0.6 is 11.6 Å². The number of benzene rings is 2. The third-order valence-electron chi connectivity index (χ3n) is 3.73. The summed E-state index contributed by atoms with van der Waals surface area (Å²) in [6.45, 7) is 0. The van der Waals surface area contributed by atoms with Gasteiger partial charge in [0, 0.05) is 27.6 Å². The number of rotatable bonds is 4. The van der Waals surface area contributed by atoms with Crippen molar-refractivity contribution < 1.29 is 14.7 Å². The van der Waals surface area contributed by atoms with Crippen molar-refractivity contribution in [2.75, 3.05) is 0 Å². The maximum Gasteiger partial charge on any atom is 0.330 e. The summed E-state index contributed by atoms with van der Waals surface area (Å²) >= 11 is 6.04. The zero-order valence-electron chi connectivity index (χ0n) is 12.8. The average Bonchev–Trinajstić information content (AvgIpc) is 2.59. The zero-order chi connectivity index (χ0) is 18.0. The van der Waals surface area contributed by atoms with Gasteiger partial charge in [-0.3, -0.25) is 9.59 Å². The first-order valence-corrected chi connectivity index (χ1v) is 7.75. The molecule has 0 spiro atoms. The predicted molar refractivity (Wildman–Crippen MR) is 93.9 cm³/mol. The minimum Gasteiger partial charge on any atom is -0.479 e. The standard InChI is InChI=1S/C18H13ClN2O4/c19-13-7-3-1-6-11(13)16(18(24)25)21-17(23)12-9-15(22)20-14-8-4-2-5-10(12)14/h1-9,16H,(H,20,22)(H,21,23)(H,24,25). The zero-order valence-corrected chi connectivity index (χ0v) is 13.6. The summed E-state index contributed by atoms with van der Waals surface area (Å²) in [5.74, 6) is -1.93. The number of carbonyl (C=O) groups is 2. The van der Waals surface area contributed by atoms with Crippen molar-refractivity contribution in [1.29, 1.82) is 0 Å². The number of fused-ring (bicyclic) bond motifs is 1. The number of carboxylic acid groups (broad SMARTS) is 1. The molecule has 126 valence electrons. The van der Waals surface area contributed by atoms with E-state index >= 15 is 0 Å². The summed E-state index contributed by atoms with van der Waals surface area (Å²) in [5.41, 5.74) is 0.398. The Bertz CT molecular complexity index is 1030. The highest BCUT2D eigenvalue weighted by Crippen LogP contribution is 2.24. The lowest BCUT2D eigenvalue weighted by Crippen LogP contribution is -2.34. The first-order chi connectivity index (χ1) is 12.0. The minimum absolute atomic E-state index is 0.0950. The van der Waals surface area contributed by atoms with Crippen LogP contribution in [0.15, 0.2) is 59.4 Å². The Hall–Kier alpha value is -3.12. The summed E-state index contributed by atoms with van der Waals surface area (Å²) in [5, 5.41) is 12.7. The molecule has 7 heteroatoms. The number of pyridine rings is 1. The number of carbonyl (C=O) groups excluding carboxylic acids is 1. The molecule has 0 saturated heterocycles. The second kappa shape index (κ2) is 6.78. The van der Waals surface area contributed by atoms with Gasteiger partial charge >= 0.3 is 5.97 Å². The van der Waals surface area contributed by atoms with Crippen LogP contribution in [0, 0.1) is 0 Å². The third-order valence-corrected chi connectivity index (χ3v) is 4.08. The monoisotopic (exact) mass is 356 g/mol. The molecule has 0 fully saturated rings. The lowest BCUT2D eigenvalue weighted by atomic mass is 10.0. The van der Waals surface area contributed by atoms with E-state index in [1.807, 2.05) is 0 Å². The molecule has 1 atom stereocenters. The van der Waals surface area contributed by atoms with E-state index in [1.165, 1.54) is 6.07 Å². The SMILES string of the molecule is O=C(NC(C(=O)O)c1ccccc1Cl)c1cc(=O)[nH]c2ccccc12. The van der Waals surface area contributed by atoms with Gasteiger partial charge in [0.25, 0.3) is 5.91 Å². The molecule has 0 aliphatic heterocycles. The molecule has 1 heterocycles. The molecule has 1 unspecified atom stereocenters. The molecule has 3 aromatic rings. The highest BCUT2D eigenvalue weighted by Gasteiger charge is 2.25. The number of nitrogens with one attached hydrogen (secondary N) is 2. The minimum atomic E-state index is -1.33. The van der Waals surface area contributed by atoms with Crippen LogP contribution in [0.5, 0.6) is 0 Å². The van der Waals surface area contributed by atoms with Gasteiger partial charge in [0.15, 0.2) is 6.04 Å². The van der Waals surface area contributed by atoms with Gasteiger partial charge < -0.3 is 15.4 Å². The molecule has 0 radical (unpaired) electrons. The van der Waals surface area contributed by atoms with Crippen LogP contribution in [-0.2, 0) is 4.79 Å². The van der Waals surface area contributed by atoms with Crippen molar-refractivity contribution in [3.05, 3.63) is 81.1 Å². The number of H-pyrrole nitrogens is 1. The Labute approximate surface area is 147 Å². The van der Waals surface area contributed by atoms with E-state index in [2.05, 4.69) is 10.3 Å². The highest BCUT2D eigenvalue weighted by molar-refractivity contribution is 6.31. The fourth-order valence-corrected chi connectivity index (χ4v) is 2.83. The van der Waals surface area contributed by atoms with Gasteiger partial charge in [-0.2, -0.15) is 0 Å². The van der Waals surface area contributed by atoms with Gasteiger partial charge in [0.1, 0.15) is 0 Å². The second-order valence-electron chi connectivity index (χ2n) is 5.36. The molecule has 3 rings (SSSR count). The van der Waals surface area contributed by atoms with Gasteiger partial charge in [-0.25, -0.2) is 4.79 Å². The van der Waals surface area contributed by atoms with E-state index in [-0.39, 0.29) is 16.1 Å². The summed E-state index contributed by atoms with van der Waals surface area (Å²) in [7, 11) is 0.